The van der Waals surface area contributed by atoms with Crippen LogP contribution < -0.4 is 10.1 Å². The summed E-state index contributed by atoms with van der Waals surface area (Å²) in [6.45, 7) is 6.63. The fourth-order valence-corrected chi connectivity index (χ4v) is 4.76. The number of carbonyl (C=O) groups excluding carboxylic acids is 1. The minimum atomic E-state index is 0.0177. The predicted molar refractivity (Wildman–Crippen MR) is 101 cm³/mol. The van der Waals surface area contributed by atoms with Gasteiger partial charge in [0.25, 0.3) is 5.91 Å². The molecule has 2 aromatic rings. The molecule has 1 aromatic carbocycles. The van der Waals surface area contributed by atoms with Crippen LogP contribution in [0, 0.1) is 12.8 Å². The van der Waals surface area contributed by atoms with Gasteiger partial charge in [-0.2, -0.15) is 0 Å². The summed E-state index contributed by atoms with van der Waals surface area (Å²) in [4.78, 5) is 16.4. The SMILES string of the molecule is Cc1ccc(Oc2ccc(C(=O)N[C@@H]3C4CCN(CC4)[C@H]3C)cc2)s1. The van der Waals surface area contributed by atoms with Crippen molar-refractivity contribution in [1.82, 2.24) is 10.2 Å². The Labute approximate surface area is 152 Å². The molecular formula is C20H24N2O2S. The first-order chi connectivity index (χ1) is 12.1. The van der Waals surface area contributed by atoms with Crippen molar-refractivity contribution >= 4 is 17.2 Å². The number of nitrogens with zero attached hydrogens (tertiary/aromatic N) is 1. The predicted octanol–water partition coefficient (Wildman–Crippen LogP) is 4.06. The zero-order valence-corrected chi connectivity index (χ0v) is 15.5. The molecule has 3 aliphatic heterocycles. The first-order valence-electron chi connectivity index (χ1n) is 8.99. The van der Waals surface area contributed by atoms with Gasteiger partial charge in [0, 0.05) is 22.5 Å². The number of hydrogen-bond donors (Lipinski definition) is 1. The highest BCUT2D eigenvalue weighted by Gasteiger charge is 2.40. The first-order valence-corrected chi connectivity index (χ1v) is 9.81. The van der Waals surface area contributed by atoms with E-state index < -0.39 is 0 Å². The lowest BCUT2D eigenvalue weighted by molar-refractivity contribution is 0.0217. The fraction of sp³-hybridized carbons (Fsp3) is 0.450. The Morgan fingerprint density at radius 2 is 1.88 bits per heavy atom. The lowest BCUT2D eigenvalue weighted by atomic mass is 9.79. The third-order valence-electron chi connectivity index (χ3n) is 5.53. The molecule has 1 amide bonds. The topological polar surface area (TPSA) is 41.6 Å². The zero-order valence-electron chi connectivity index (χ0n) is 14.7. The highest BCUT2D eigenvalue weighted by molar-refractivity contribution is 7.13. The van der Waals surface area contributed by atoms with E-state index >= 15 is 0 Å². The van der Waals surface area contributed by atoms with Crippen molar-refractivity contribution in [2.75, 3.05) is 13.1 Å². The Morgan fingerprint density at radius 1 is 1.16 bits per heavy atom. The molecule has 2 atom stereocenters. The van der Waals surface area contributed by atoms with E-state index in [-0.39, 0.29) is 11.9 Å². The minimum Gasteiger partial charge on any atom is -0.447 e. The van der Waals surface area contributed by atoms with Crippen LogP contribution in [0.3, 0.4) is 0 Å². The highest BCUT2D eigenvalue weighted by atomic mass is 32.1. The quantitative estimate of drug-likeness (QED) is 0.898. The Hall–Kier alpha value is -1.85. The van der Waals surface area contributed by atoms with Crippen LogP contribution in [0.15, 0.2) is 36.4 Å². The van der Waals surface area contributed by atoms with Crippen molar-refractivity contribution in [3.8, 4) is 10.8 Å². The van der Waals surface area contributed by atoms with E-state index in [1.165, 1.54) is 30.8 Å². The Kier molecular flexibility index (Phi) is 4.52. The maximum absolute atomic E-state index is 12.6. The lowest BCUT2D eigenvalue weighted by Crippen LogP contribution is -2.62. The van der Waals surface area contributed by atoms with Crippen molar-refractivity contribution in [3.63, 3.8) is 0 Å². The molecule has 5 rings (SSSR count). The van der Waals surface area contributed by atoms with Crippen LogP contribution in [0.2, 0.25) is 0 Å². The molecule has 1 aromatic heterocycles. The number of carbonyl (C=O) groups is 1. The number of piperidine rings is 3. The number of amides is 1. The average Bonchev–Trinajstić information content (AvgIpc) is 3.04. The molecule has 0 aliphatic carbocycles. The smallest absolute Gasteiger partial charge is 0.251 e. The Balaban J connectivity index is 1.40. The summed E-state index contributed by atoms with van der Waals surface area (Å²) in [5, 5.41) is 4.14. The van der Waals surface area contributed by atoms with Crippen molar-refractivity contribution in [2.45, 2.75) is 38.8 Å². The minimum absolute atomic E-state index is 0.0177. The number of benzene rings is 1. The second-order valence-corrected chi connectivity index (χ2v) is 8.36. The van der Waals surface area contributed by atoms with Gasteiger partial charge < -0.3 is 10.1 Å². The Morgan fingerprint density at radius 3 is 2.48 bits per heavy atom. The van der Waals surface area contributed by atoms with Crippen LogP contribution in [0.4, 0.5) is 0 Å². The van der Waals surface area contributed by atoms with Gasteiger partial charge in [0.1, 0.15) is 5.75 Å². The summed E-state index contributed by atoms with van der Waals surface area (Å²) in [5.41, 5.74) is 0.693. The number of aryl methyl sites for hydroxylation is 1. The summed E-state index contributed by atoms with van der Waals surface area (Å²) < 4.78 is 5.82. The molecule has 1 N–H and O–H groups in total. The number of fused-ring (bicyclic) bond motifs is 3. The lowest BCUT2D eigenvalue weighted by Gasteiger charge is -2.49. The van der Waals surface area contributed by atoms with Gasteiger partial charge in [-0.1, -0.05) is 0 Å². The van der Waals surface area contributed by atoms with Crippen LogP contribution >= 0.6 is 11.3 Å². The third kappa shape index (κ3) is 3.44. The van der Waals surface area contributed by atoms with Crippen LogP contribution in [0.25, 0.3) is 0 Å². The van der Waals surface area contributed by atoms with E-state index in [1.54, 1.807) is 11.3 Å². The molecule has 0 saturated carbocycles. The van der Waals surface area contributed by atoms with Crippen molar-refractivity contribution in [2.24, 2.45) is 5.92 Å². The molecule has 4 heterocycles. The second-order valence-electron chi connectivity index (χ2n) is 7.10. The molecule has 2 bridgehead atoms. The first kappa shape index (κ1) is 16.6. The average molecular weight is 356 g/mol. The summed E-state index contributed by atoms with van der Waals surface area (Å²) in [6.07, 6.45) is 2.39. The molecule has 3 fully saturated rings. The molecule has 132 valence electrons. The summed E-state index contributed by atoms with van der Waals surface area (Å²) in [6, 6.07) is 12.1. The van der Waals surface area contributed by atoms with Crippen LogP contribution in [-0.4, -0.2) is 36.0 Å². The maximum Gasteiger partial charge on any atom is 0.251 e. The largest absolute Gasteiger partial charge is 0.447 e. The van der Waals surface area contributed by atoms with Crippen molar-refractivity contribution < 1.29 is 9.53 Å². The highest BCUT2D eigenvalue weighted by Crippen LogP contribution is 2.32. The van der Waals surface area contributed by atoms with Crippen molar-refractivity contribution in [1.29, 1.82) is 0 Å². The molecule has 4 nitrogen and oxygen atoms in total. The number of rotatable bonds is 4. The second kappa shape index (κ2) is 6.81. The molecule has 0 radical (unpaired) electrons. The van der Waals surface area contributed by atoms with E-state index in [2.05, 4.69) is 24.1 Å². The van der Waals surface area contributed by atoms with Crippen LogP contribution in [-0.2, 0) is 0 Å². The number of hydrogen-bond acceptors (Lipinski definition) is 4. The van der Waals surface area contributed by atoms with Gasteiger partial charge in [0.2, 0.25) is 0 Å². The van der Waals surface area contributed by atoms with Gasteiger partial charge in [0.05, 0.1) is 0 Å². The van der Waals surface area contributed by atoms with E-state index in [9.17, 15) is 4.79 Å². The van der Waals surface area contributed by atoms with Gasteiger partial charge >= 0.3 is 0 Å². The molecule has 3 saturated heterocycles. The van der Waals surface area contributed by atoms with Crippen molar-refractivity contribution in [3.05, 3.63) is 46.8 Å². The van der Waals surface area contributed by atoms with Gasteiger partial charge in [-0.25, -0.2) is 0 Å². The number of ether oxygens (including phenoxy) is 1. The van der Waals surface area contributed by atoms with E-state index in [0.29, 0.717) is 17.5 Å². The summed E-state index contributed by atoms with van der Waals surface area (Å²) >= 11 is 1.62. The summed E-state index contributed by atoms with van der Waals surface area (Å²) in [7, 11) is 0. The summed E-state index contributed by atoms with van der Waals surface area (Å²) in [5.74, 6) is 1.40. The molecular weight excluding hydrogens is 332 g/mol. The van der Waals surface area contributed by atoms with Gasteiger partial charge in [-0.3, -0.25) is 9.69 Å². The van der Waals surface area contributed by atoms with Gasteiger partial charge in [0.15, 0.2) is 5.06 Å². The van der Waals surface area contributed by atoms with Crippen LogP contribution in [0.1, 0.15) is 35.0 Å². The number of thiophene rings is 1. The third-order valence-corrected chi connectivity index (χ3v) is 6.40. The molecule has 0 spiro atoms. The normalized spacial score (nSPS) is 27.9. The van der Waals surface area contributed by atoms with Gasteiger partial charge in [-0.15, -0.1) is 11.3 Å². The Bertz CT molecular complexity index is 745. The van der Waals surface area contributed by atoms with Gasteiger partial charge in [-0.05, 0) is 82.1 Å². The molecule has 0 unspecified atom stereocenters. The van der Waals surface area contributed by atoms with Crippen LogP contribution in [0.5, 0.6) is 10.8 Å². The fourth-order valence-electron chi connectivity index (χ4n) is 4.04. The van der Waals surface area contributed by atoms with E-state index in [1.807, 2.05) is 36.4 Å². The monoisotopic (exact) mass is 356 g/mol. The zero-order chi connectivity index (χ0) is 17.4. The molecule has 3 aliphatic rings. The number of nitrogens with one attached hydrogen (secondary N) is 1. The molecule has 5 heteroatoms. The molecule has 25 heavy (non-hydrogen) atoms. The standard InChI is InChI=1S/C20H24N2O2S/c1-13-3-8-18(25-13)24-17-6-4-16(5-7-17)20(23)21-19-14(2)22-11-9-15(19)10-12-22/h3-8,14-15,19H,9-12H2,1-2H3,(H,21,23)/t14-,19-/m0/s1. The van der Waals surface area contributed by atoms with E-state index in [4.69, 9.17) is 4.74 Å². The maximum atomic E-state index is 12.6. The van der Waals surface area contributed by atoms with E-state index in [0.717, 1.165) is 10.8 Å².